The van der Waals surface area contributed by atoms with E-state index in [-0.39, 0.29) is 12.0 Å². The normalized spacial score (nSPS) is 16.2. The van der Waals surface area contributed by atoms with Gasteiger partial charge >= 0.3 is 0 Å². The van der Waals surface area contributed by atoms with E-state index in [4.69, 9.17) is 14.9 Å². The summed E-state index contributed by atoms with van der Waals surface area (Å²) in [6.45, 7) is 4.73. The third-order valence-corrected chi connectivity index (χ3v) is 4.47. The van der Waals surface area contributed by atoms with Crippen molar-refractivity contribution in [3.05, 3.63) is 35.6 Å². The Morgan fingerprint density at radius 3 is 2.78 bits per heavy atom. The molecule has 1 aliphatic heterocycles. The van der Waals surface area contributed by atoms with E-state index >= 15 is 0 Å². The highest BCUT2D eigenvalue weighted by Gasteiger charge is 2.27. The summed E-state index contributed by atoms with van der Waals surface area (Å²) >= 11 is 0. The first-order chi connectivity index (χ1) is 11.2. The third-order valence-electron chi connectivity index (χ3n) is 4.47. The summed E-state index contributed by atoms with van der Waals surface area (Å²) in [7, 11) is 0. The minimum absolute atomic E-state index is 0.0147. The fourth-order valence-corrected chi connectivity index (χ4v) is 3.08. The number of benzene rings is 1. The minimum Gasteiger partial charge on any atom is -0.451 e. The van der Waals surface area contributed by atoms with Crippen LogP contribution in [-0.2, 0) is 4.74 Å². The van der Waals surface area contributed by atoms with Crippen LogP contribution in [0.15, 0.2) is 28.7 Å². The molecule has 2 heterocycles. The number of nitrogens with zero attached hydrogens (tertiary/aromatic N) is 1. The average molecular weight is 316 g/mol. The van der Waals surface area contributed by atoms with Crippen molar-refractivity contribution in [1.29, 1.82) is 0 Å². The highest BCUT2D eigenvalue weighted by atomic mass is 16.5. The number of hydrogen-bond donors (Lipinski definition) is 1. The monoisotopic (exact) mass is 316 g/mol. The maximum absolute atomic E-state index is 12.7. The van der Waals surface area contributed by atoms with Crippen molar-refractivity contribution in [2.24, 2.45) is 5.73 Å². The standard InChI is InChI=1S/C18H24N2O3/c1-13-15-5-2-3-6-16(15)23-17(13)18(21)20-10-7-14(8-11-20)22-12-4-9-19/h2-3,5-6,14H,4,7-12,19H2,1H3. The molecule has 1 amide bonds. The van der Waals surface area contributed by atoms with E-state index in [2.05, 4.69) is 0 Å². The van der Waals surface area contributed by atoms with Gasteiger partial charge in [0.05, 0.1) is 6.10 Å². The van der Waals surface area contributed by atoms with E-state index in [9.17, 15) is 4.79 Å². The van der Waals surface area contributed by atoms with Gasteiger partial charge in [0.1, 0.15) is 5.58 Å². The quantitative estimate of drug-likeness (QED) is 0.861. The molecule has 0 atom stereocenters. The Bertz CT molecular complexity index is 672. The van der Waals surface area contributed by atoms with Gasteiger partial charge in [0.15, 0.2) is 5.76 Å². The summed E-state index contributed by atoms with van der Waals surface area (Å²) < 4.78 is 11.6. The Labute approximate surface area is 136 Å². The molecule has 0 aliphatic carbocycles. The second kappa shape index (κ2) is 7.15. The van der Waals surface area contributed by atoms with E-state index in [1.165, 1.54) is 0 Å². The fourth-order valence-electron chi connectivity index (χ4n) is 3.08. The van der Waals surface area contributed by atoms with Crippen LogP contribution in [0.1, 0.15) is 35.4 Å². The lowest BCUT2D eigenvalue weighted by Gasteiger charge is -2.31. The molecule has 0 radical (unpaired) electrons. The van der Waals surface area contributed by atoms with Crippen LogP contribution in [0, 0.1) is 6.92 Å². The van der Waals surface area contributed by atoms with Crippen LogP contribution < -0.4 is 5.73 Å². The van der Waals surface area contributed by atoms with Crippen molar-refractivity contribution in [1.82, 2.24) is 4.90 Å². The number of furan rings is 1. The number of aryl methyl sites for hydroxylation is 1. The molecule has 124 valence electrons. The third kappa shape index (κ3) is 3.41. The maximum Gasteiger partial charge on any atom is 0.289 e. The Balaban J connectivity index is 1.64. The molecule has 1 fully saturated rings. The first-order valence-corrected chi connectivity index (χ1v) is 8.29. The van der Waals surface area contributed by atoms with Gasteiger partial charge in [0.25, 0.3) is 5.91 Å². The summed E-state index contributed by atoms with van der Waals surface area (Å²) in [5.41, 5.74) is 7.17. The van der Waals surface area contributed by atoms with Crippen LogP contribution >= 0.6 is 0 Å². The van der Waals surface area contributed by atoms with E-state index in [1.807, 2.05) is 36.1 Å². The van der Waals surface area contributed by atoms with Gasteiger partial charge in [-0.25, -0.2) is 0 Å². The molecule has 0 bridgehead atoms. The molecule has 1 saturated heterocycles. The summed E-state index contributed by atoms with van der Waals surface area (Å²) in [6.07, 6.45) is 2.87. The average Bonchev–Trinajstić information content (AvgIpc) is 2.92. The molecule has 1 aliphatic rings. The van der Waals surface area contributed by atoms with E-state index in [1.54, 1.807) is 0 Å². The second-order valence-corrected chi connectivity index (χ2v) is 6.06. The zero-order valence-electron chi connectivity index (χ0n) is 13.6. The minimum atomic E-state index is -0.0147. The molecule has 0 spiro atoms. The smallest absolute Gasteiger partial charge is 0.289 e. The molecule has 2 aromatic rings. The van der Waals surface area contributed by atoms with Crippen molar-refractivity contribution in [2.45, 2.75) is 32.3 Å². The van der Waals surface area contributed by atoms with Crippen LogP contribution in [0.25, 0.3) is 11.0 Å². The first kappa shape index (κ1) is 16.0. The molecular formula is C18H24N2O3. The molecule has 3 rings (SSSR count). The van der Waals surface area contributed by atoms with Gasteiger partial charge in [-0.2, -0.15) is 0 Å². The second-order valence-electron chi connectivity index (χ2n) is 6.06. The summed E-state index contributed by atoms with van der Waals surface area (Å²) in [4.78, 5) is 14.6. The van der Waals surface area contributed by atoms with Gasteiger partial charge in [-0.3, -0.25) is 4.79 Å². The highest BCUT2D eigenvalue weighted by molar-refractivity contribution is 5.98. The Hall–Kier alpha value is -1.85. The Kier molecular flexibility index (Phi) is 4.98. The number of carbonyl (C=O) groups excluding carboxylic acids is 1. The Morgan fingerprint density at radius 2 is 2.09 bits per heavy atom. The van der Waals surface area contributed by atoms with Gasteiger partial charge < -0.3 is 19.8 Å². The summed E-state index contributed by atoms with van der Waals surface area (Å²) in [6, 6.07) is 7.77. The molecular weight excluding hydrogens is 292 g/mol. The van der Waals surface area contributed by atoms with Crippen molar-refractivity contribution in [3.63, 3.8) is 0 Å². The number of carbonyl (C=O) groups is 1. The number of fused-ring (bicyclic) bond motifs is 1. The fraction of sp³-hybridized carbons (Fsp3) is 0.500. The van der Waals surface area contributed by atoms with Crippen LogP contribution in [0.2, 0.25) is 0 Å². The molecule has 1 aromatic heterocycles. The molecule has 0 unspecified atom stereocenters. The lowest BCUT2D eigenvalue weighted by molar-refractivity contribution is 0.00767. The zero-order chi connectivity index (χ0) is 16.2. The van der Waals surface area contributed by atoms with Crippen molar-refractivity contribution in [3.8, 4) is 0 Å². The predicted molar refractivity (Wildman–Crippen MR) is 89.5 cm³/mol. The first-order valence-electron chi connectivity index (χ1n) is 8.29. The lowest BCUT2D eigenvalue weighted by Crippen LogP contribution is -2.41. The predicted octanol–water partition coefficient (Wildman–Crippen LogP) is 2.71. The van der Waals surface area contributed by atoms with Crippen LogP contribution in [0.5, 0.6) is 0 Å². The van der Waals surface area contributed by atoms with E-state index < -0.39 is 0 Å². The number of nitrogens with two attached hydrogens (primary N) is 1. The molecule has 5 heteroatoms. The van der Waals surface area contributed by atoms with Gasteiger partial charge in [-0.05, 0) is 38.8 Å². The molecule has 5 nitrogen and oxygen atoms in total. The number of para-hydroxylation sites is 1. The van der Waals surface area contributed by atoms with Gasteiger partial charge in [0.2, 0.25) is 0 Å². The number of ether oxygens (including phenoxy) is 1. The Morgan fingerprint density at radius 1 is 1.35 bits per heavy atom. The number of amides is 1. The topological polar surface area (TPSA) is 68.7 Å². The van der Waals surface area contributed by atoms with E-state index in [0.717, 1.165) is 35.8 Å². The maximum atomic E-state index is 12.7. The van der Waals surface area contributed by atoms with Crippen LogP contribution in [0.3, 0.4) is 0 Å². The van der Waals surface area contributed by atoms with Crippen molar-refractivity contribution in [2.75, 3.05) is 26.2 Å². The molecule has 23 heavy (non-hydrogen) atoms. The van der Waals surface area contributed by atoms with Crippen LogP contribution in [0.4, 0.5) is 0 Å². The highest BCUT2D eigenvalue weighted by Crippen LogP contribution is 2.27. The van der Waals surface area contributed by atoms with Crippen molar-refractivity contribution < 1.29 is 13.9 Å². The van der Waals surface area contributed by atoms with Gasteiger partial charge in [-0.15, -0.1) is 0 Å². The number of hydrogen-bond acceptors (Lipinski definition) is 4. The lowest BCUT2D eigenvalue weighted by atomic mass is 10.1. The van der Waals surface area contributed by atoms with Crippen molar-refractivity contribution >= 4 is 16.9 Å². The largest absolute Gasteiger partial charge is 0.451 e. The number of piperidine rings is 1. The van der Waals surface area contributed by atoms with Crippen LogP contribution in [-0.4, -0.2) is 43.2 Å². The zero-order valence-corrected chi connectivity index (χ0v) is 13.6. The molecule has 1 aromatic carbocycles. The summed E-state index contributed by atoms with van der Waals surface area (Å²) in [5, 5.41) is 1.01. The van der Waals surface area contributed by atoms with E-state index in [0.29, 0.717) is 32.0 Å². The SMILES string of the molecule is Cc1c(C(=O)N2CCC(OCCCN)CC2)oc2ccccc12. The van der Waals surface area contributed by atoms with Gasteiger partial charge in [0, 0.05) is 30.6 Å². The molecule has 2 N–H and O–H groups in total. The summed E-state index contributed by atoms with van der Waals surface area (Å²) in [5.74, 6) is 0.452. The number of likely N-dealkylation sites (tertiary alicyclic amines) is 1. The number of rotatable bonds is 5. The van der Waals surface area contributed by atoms with Gasteiger partial charge in [-0.1, -0.05) is 18.2 Å². The molecule has 0 saturated carbocycles.